The van der Waals surface area contributed by atoms with Crippen molar-refractivity contribution in [2.75, 3.05) is 6.61 Å². The minimum atomic E-state index is 0.229. The summed E-state index contributed by atoms with van der Waals surface area (Å²) in [6, 6.07) is 15.8. The molecule has 2 heteroatoms. The fourth-order valence-corrected chi connectivity index (χ4v) is 3.31. The van der Waals surface area contributed by atoms with E-state index in [9.17, 15) is 0 Å². The van der Waals surface area contributed by atoms with Crippen molar-refractivity contribution in [1.82, 2.24) is 5.32 Å². The van der Waals surface area contributed by atoms with Crippen molar-refractivity contribution in [2.45, 2.75) is 45.9 Å². The molecule has 0 aliphatic heterocycles. The van der Waals surface area contributed by atoms with Gasteiger partial charge in [-0.3, -0.25) is 0 Å². The third-order valence-corrected chi connectivity index (χ3v) is 4.91. The molecular weight excluding hydrogens is 258 g/mol. The van der Waals surface area contributed by atoms with E-state index in [1.165, 1.54) is 16.3 Å². The summed E-state index contributed by atoms with van der Waals surface area (Å²) < 4.78 is 5.79. The van der Waals surface area contributed by atoms with Crippen LogP contribution in [0.1, 0.15) is 32.8 Å². The second kappa shape index (κ2) is 5.78. The van der Waals surface area contributed by atoms with E-state index in [0.29, 0.717) is 12.1 Å². The van der Waals surface area contributed by atoms with Gasteiger partial charge in [0.05, 0.1) is 6.10 Å². The van der Waals surface area contributed by atoms with E-state index in [1.54, 1.807) is 0 Å². The highest BCUT2D eigenvalue weighted by atomic mass is 16.5. The Hall–Kier alpha value is -1.38. The van der Waals surface area contributed by atoms with Gasteiger partial charge in [-0.1, -0.05) is 50.2 Å². The molecule has 0 heterocycles. The van der Waals surface area contributed by atoms with Gasteiger partial charge < -0.3 is 10.1 Å². The summed E-state index contributed by atoms with van der Waals surface area (Å²) in [6.07, 6.45) is 1.52. The van der Waals surface area contributed by atoms with Crippen LogP contribution in [0.25, 0.3) is 10.8 Å². The zero-order chi connectivity index (χ0) is 14.9. The largest absolute Gasteiger partial charge is 0.378 e. The molecule has 3 rings (SSSR count). The van der Waals surface area contributed by atoms with Crippen molar-refractivity contribution >= 4 is 10.8 Å². The molecule has 0 radical (unpaired) electrons. The summed E-state index contributed by atoms with van der Waals surface area (Å²) in [5.41, 5.74) is 1.58. The van der Waals surface area contributed by atoms with Crippen LogP contribution in [0.5, 0.6) is 0 Å². The number of hydrogen-bond acceptors (Lipinski definition) is 2. The molecule has 0 spiro atoms. The zero-order valence-electron chi connectivity index (χ0n) is 13.2. The molecule has 0 aromatic heterocycles. The highest BCUT2D eigenvalue weighted by Gasteiger charge is 2.48. The Morgan fingerprint density at radius 3 is 2.62 bits per heavy atom. The van der Waals surface area contributed by atoms with Gasteiger partial charge in [-0.2, -0.15) is 0 Å². The highest BCUT2D eigenvalue weighted by Crippen LogP contribution is 2.42. The molecule has 0 amide bonds. The molecule has 0 saturated heterocycles. The molecule has 2 unspecified atom stereocenters. The van der Waals surface area contributed by atoms with Crippen LogP contribution in [-0.2, 0) is 11.3 Å². The Morgan fingerprint density at radius 2 is 1.90 bits per heavy atom. The topological polar surface area (TPSA) is 21.3 Å². The quantitative estimate of drug-likeness (QED) is 0.890. The first-order chi connectivity index (χ1) is 10.1. The first kappa shape index (κ1) is 14.6. The molecule has 1 aliphatic carbocycles. The van der Waals surface area contributed by atoms with Crippen LogP contribution in [-0.4, -0.2) is 18.8 Å². The van der Waals surface area contributed by atoms with Crippen molar-refractivity contribution in [3.63, 3.8) is 0 Å². The van der Waals surface area contributed by atoms with Crippen LogP contribution < -0.4 is 5.32 Å². The molecule has 1 N–H and O–H groups in total. The Kier molecular flexibility index (Phi) is 4.01. The van der Waals surface area contributed by atoms with Crippen LogP contribution in [0.15, 0.2) is 42.5 Å². The van der Waals surface area contributed by atoms with Crippen molar-refractivity contribution in [1.29, 1.82) is 0 Å². The maximum absolute atomic E-state index is 5.79. The van der Waals surface area contributed by atoms with Gasteiger partial charge in [-0.25, -0.2) is 0 Å². The maximum atomic E-state index is 5.79. The van der Waals surface area contributed by atoms with E-state index in [0.717, 1.165) is 19.6 Å². The van der Waals surface area contributed by atoms with Gasteiger partial charge >= 0.3 is 0 Å². The maximum Gasteiger partial charge on any atom is 0.0655 e. The van der Waals surface area contributed by atoms with Gasteiger partial charge in [0.1, 0.15) is 0 Å². The number of benzene rings is 2. The van der Waals surface area contributed by atoms with Gasteiger partial charge in [0.2, 0.25) is 0 Å². The number of hydrogen-bond donors (Lipinski definition) is 1. The standard InChI is InChI=1S/C19H25NO/c1-4-21-18-12-17(19(18,2)3)20-13-14-9-10-15-7-5-6-8-16(15)11-14/h5-11,17-18,20H,4,12-13H2,1-3H3. The summed E-state index contributed by atoms with van der Waals surface area (Å²) in [6.45, 7) is 8.42. The summed E-state index contributed by atoms with van der Waals surface area (Å²) in [7, 11) is 0. The highest BCUT2D eigenvalue weighted by molar-refractivity contribution is 5.82. The predicted octanol–water partition coefficient (Wildman–Crippen LogP) is 4.13. The third-order valence-electron chi connectivity index (χ3n) is 4.91. The second-order valence-corrected chi connectivity index (χ2v) is 6.62. The smallest absolute Gasteiger partial charge is 0.0655 e. The van der Waals surface area contributed by atoms with Crippen molar-refractivity contribution in [3.05, 3.63) is 48.0 Å². The number of ether oxygens (including phenoxy) is 1. The van der Waals surface area contributed by atoms with E-state index in [-0.39, 0.29) is 5.41 Å². The van der Waals surface area contributed by atoms with Crippen molar-refractivity contribution in [3.8, 4) is 0 Å². The lowest BCUT2D eigenvalue weighted by molar-refractivity contribution is -0.114. The van der Waals surface area contributed by atoms with Gasteiger partial charge in [-0.15, -0.1) is 0 Å². The average Bonchev–Trinajstić information content (AvgIpc) is 2.50. The minimum absolute atomic E-state index is 0.229. The van der Waals surface area contributed by atoms with E-state index < -0.39 is 0 Å². The molecule has 1 fully saturated rings. The van der Waals surface area contributed by atoms with Crippen LogP contribution >= 0.6 is 0 Å². The third kappa shape index (κ3) is 2.83. The van der Waals surface area contributed by atoms with Gasteiger partial charge in [0.25, 0.3) is 0 Å². The molecule has 112 valence electrons. The number of fused-ring (bicyclic) bond motifs is 1. The Labute approximate surface area is 127 Å². The lowest BCUT2D eigenvalue weighted by Crippen LogP contribution is -2.60. The summed E-state index contributed by atoms with van der Waals surface area (Å²) >= 11 is 0. The normalized spacial score (nSPS) is 24.0. The number of nitrogens with one attached hydrogen (secondary N) is 1. The monoisotopic (exact) mass is 283 g/mol. The van der Waals surface area contributed by atoms with Crippen molar-refractivity contribution < 1.29 is 4.74 Å². The van der Waals surface area contributed by atoms with Crippen LogP contribution in [0, 0.1) is 5.41 Å². The van der Waals surface area contributed by atoms with Gasteiger partial charge in [0, 0.05) is 24.6 Å². The lowest BCUT2D eigenvalue weighted by atomic mass is 9.64. The molecule has 1 saturated carbocycles. The Bertz CT molecular complexity index is 620. The van der Waals surface area contributed by atoms with Crippen LogP contribution in [0.2, 0.25) is 0 Å². The van der Waals surface area contributed by atoms with Crippen LogP contribution in [0.4, 0.5) is 0 Å². The second-order valence-electron chi connectivity index (χ2n) is 6.62. The summed E-state index contributed by atoms with van der Waals surface area (Å²) in [5, 5.41) is 6.32. The SMILES string of the molecule is CCOC1CC(NCc2ccc3ccccc3c2)C1(C)C. The fourth-order valence-electron chi connectivity index (χ4n) is 3.31. The minimum Gasteiger partial charge on any atom is -0.378 e. The van der Waals surface area contributed by atoms with E-state index in [2.05, 4.69) is 68.6 Å². The molecular formula is C19H25NO. The molecule has 1 aliphatic rings. The molecule has 0 bridgehead atoms. The first-order valence-corrected chi connectivity index (χ1v) is 7.94. The lowest BCUT2D eigenvalue weighted by Gasteiger charge is -2.52. The summed E-state index contributed by atoms with van der Waals surface area (Å²) in [5.74, 6) is 0. The van der Waals surface area contributed by atoms with E-state index in [1.807, 2.05) is 0 Å². The Morgan fingerprint density at radius 1 is 1.14 bits per heavy atom. The molecule has 21 heavy (non-hydrogen) atoms. The first-order valence-electron chi connectivity index (χ1n) is 7.94. The van der Waals surface area contributed by atoms with E-state index >= 15 is 0 Å². The Balaban J connectivity index is 1.62. The average molecular weight is 283 g/mol. The fraction of sp³-hybridized carbons (Fsp3) is 0.474. The van der Waals surface area contributed by atoms with Crippen LogP contribution in [0.3, 0.4) is 0 Å². The van der Waals surface area contributed by atoms with E-state index in [4.69, 9.17) is 4.74 Å². The molecule has 2 nitrogen and oxygen atoms in total. The molecule has 2 atom stereocenters. The summed E-state index contributed by atoms with van der Waals surface area (Å²) in [4.78, 5) is 0. The zero-order valence-corrected chi connectivity index (χ0v) is 13.2. The molecule has 2 aromatic rings. The molecule has 2 aromatic carbocycles. The predicted molar refractivity (Wildman–Crippen MR) is 88.4 cm³/mol. The van der Waals surface area contributed by atoms with Gasteiger partial charge in [-0.05, 0) is 35.7 Å². The van der Waals surface area contributed by atoms with Gasteiger partial charge in [0.15, 0.2) is 0 Å². The van der Waals surface area contributed by atoms with Crippen molar-refractivity contribution in [2.24, 2.45) is 5.41 Å². The number of rotatable bonds is 5.